The van der Waals surface area contributed by atoms with Gasteiger partial charge in [0, 0.05) is 16.9 Å². The topological polar surface area (TPSA) is 72.9 Å². The number of halogens is 3. The van der Waals surface area contributed by atoms with Crippen molar-refractivity contribution in [1.82, 2.24) is 14.9 Å². The molecule has 22 heavy (non-hydrogen) atoms. The second-order valence-corrected chi connectivity index (χ2v) is 5.84. The molecular weight excluding hydrogens is 358 g/mol. The highest BCUT2D eigenvalue weighted by molar-refractivity contribution is 9.10. The first-order valence-electron chi connectivity index (χ1n) is 6.45. The Balaban J connectivity index is 2.08. The van der Waals surface area contributed by atoms with Crippen LogP contribution in [-0.4, -0.2) is 15.5 Å². The summed E-state index contributed by atoms with van der Waals surface area (Å²) in [5.74, 6) is -0.409. The summed E-state index contributed by atoms with van der Waals surface area (Å²) in [6.07, 6.45) is 2.41. The van der Waals surface area contributed by atoms with Crippen molar-refractivity contribution in [2.45, 2.75) is 25.6 Å². The maximum atomic E-state index is 12.7. The van der Waals surface area contributed by atoms with Crippen LogP contribution in [-0.2, 0) is 16.9 Å². The van der Waals surface area contributed by atoms with Crippen LogP contribution < -0.4 is 11.1 Å². The average Bonchev–Trinajstić information content (AvgIpc) is 2.93. The summed E-state index contributed by atoms with van der Waals surface area (Å²) >= 11 is 3.30. The lowest BCUT2D eigenvalue weighted by atomic mass is 9.92. The molecule has 2 rings (SSSR count). The summed E-state index contributed by atoms with van der Waals surface area (Å²) in [4.78, 5) is 16.1. The van der Waals surface area contributed by atoms with Crippen LogP contribution in [0, 0.1) is 0 Å². The van der Waals surface area contributed by atoms with Gasteiger partial charge in [0.25, 0.3) is 0 Å². The lowest BCUT2D eigenvalue weighted by Gasteiger charge is -2.24. The first kappa shape index (κ1) is 16.6. The Hall–Kier alpha value is -1.80. The predicted molar refractivity (Wildman–Crippen MR) is 81.0 cm³/mol. The van der Waals surface area contributed by atoms with E-state index in [1.807, 2.05) is 0 Å². The first-order chi connectivity index (χ1) is 10.3. The third-order valence-corrected chi connectivity index (χ3v) is 3.81. The van der Waals surface area contributed by atoms with Crippen molar-refractivity contribution in [3.63, 3.8) is 0 Å². The quantitative estimate of drug-likeness (QED) is 0.846. The van der Waals surface area contributed by atoms with E-state index >= 15 is 0 Å². The van der Waals surface area contributed by atoms with Gasteiger partial charge in [0.2, 0.25) is 5.91 Å². The molecule has 0 saturated carbocycles. The molecule has 1 aromatic heterocycles. The number of amides is 1. The summed E-state index contributed by atoms with van der Waals surface area (Å²) in [7, 11) is 0. The van der Waals surface area contributed by atoms with Crippen molar-refractivity contribution < 1.29 is 13.6 Å². The second-order valence-electron chi connectivity index (χ2n) is 4.92. The molecule has 0 bridgehead atoms. The molecular formula is C14H15BrF2N4O. The molecule has 5 nitrogen and oxygen atoms in total. The molecule has 0 saturated heterocycles. The Kier molecular flexibility index (Phi) is 4.92. The minimum absolute atomic E-state index is 0.0648. The molecule has 2 aromatic rings. The molecule has 8 heteroatoms. The maximum Gasteiger partial charge on any atom is 0.319 e. The Labute approximate surface area is 134 Å². The van der Waals surface area contributed by atoms with E-state index < -0.39 is 18.0 Å². The van der Waals surface area contributed by atoms with Gasteiger partial charge in [-0.1, -0.05) is 28.1 Å². The van der Waals surface area contributed by atoms with Gasteiger partial charge in [-0.3, -0.25) is 9.36 Å². The Morgan fingerprint density at radius 1 is 1.45 bits per heavy atom. The number of nitrogens with zero attached hydrogens (tertiary/aromatic N) is 2. The highest BCUT2D eigenvalue weighted by Gasteiger charge is 2.30. The van der Waals surface area contributed by atoms with E-state index in [-0.39, 0.29) is 12.4 Å². The van der Waals surface area contributed by atoms with Gasteiger partial charge in [-0.05, 0) is 24.6 Å². The predicted octanol–water partition coefficient (Wildman–Crippen LogP) is 2.53. The molecule has 1 atom stereocenters. The third-order valence-electron chi connectivity index (χ3n) is 3.28. The number of carbonyl (C=O) groups is 1. The van der Waals surface area contributed by atoms with E-state index in [4.69, 9.17) is 5.73 Å². The van der Waals surface area contributed by atoms with Crippen molar-refractivity contribution >= 4 is 21.8 Å². The second kappa shape index (κ2) is 6.53. The standard InChI is InChI=1S/C14H15BrF2N4O/c1-14(18,9-2-4-10(15)5-3-9)12(22)20-8-11-19-6-7-21(11)13(16)17/h2-7,13H,8,18H2,1H3,(H,20,22). The molecule has 118 valence electrons. The van der Waals surface area contributed by atoms with Crippen molar-refractivity contribution in [1.29, 1.82) is 0 Å². The van der Waals surface area contributed by atoms with Crippen LogP contribution in [0.15, 0.2) is 41.1 Å². The SMILES string of the molecule is CC(N)(C(=O)NCc1nccn1C(F)F)c1ccc(Br)cc1. The Morgan fingerprint density at radius 3 is 2.68 bits per heavy atom. The van der Waals surface area contributed by atoms with Gasteiger partial charge < -0.3 is 11.1 Å². The van der Waals surface area contributed by atoms with Crippen LogP contribution in [0.25, 0.3) is 0 Å². The van der Waals surface area contributed by atoms with Crippen molar-refractivity contribution in [3.05, 3.63) is 52.5 Å². The lowest BCUT2D eigenvalue weighted by molar-refractivity contribution is -0.126. The smallest absolute Gasteiger partial charge is 0.319 e. The largest absolute Gasteiger partial charge is 0.347 e. The summed E-state index contributed by atoms with van der Waals surface area (Å²) in [6, 6.07) is 7.00. The number of benzene rings is 1. The van der Waals surface area contributed by atoms with Crippen molar-refractivity contribution in [2.24, 2.45) is 5.73 Å². The number of rotatable bonds is 5. The van der Waals surface area contributed by atoms with Gasteiger partial charge in [0.05, 0.1) is 6.54 Å². The monoisotopic (exact) mass is 372 g/mol. The minimum Gasteiger partial charge on any atom is -0.347 e. The molecule has 0 radical (unpaired) electrons. The van der Waals surface area contributed by atoms with E-state index in [9.17, 15) is 13.6 Å². The molecule has 0 aliphatic rings. The molecule has 1 amide bonds. The minimum atomic E-state index is -2.70. The maximum absolute atomic E-state index is 12.7. The zero-order chi connectivity index (χ0) is 16.3. The van der Waals surface area contributed by atoms with E-state index in [0.29, 0.717) is 10.1 Å². The molecule has 1 aromatic carbocycles. The molecule has 1 unspecified atom stereocenters. The number of carbonyl (C=O) groups excluding carboxylic acids is 1. The van der Waals surface area contributed by atoms with E-state index in [0.717, 1.165) is 10.7 Å². The van der Waals surface area contributed by atoms with Crippen LogP contribution in [0.2, 0.25) is 0 Å². The zero-order valence-corrected chi connectivity index (χ0v) is 13.3. The first-order valence-corrected chi connectivity index (χ1v) is 7.24. The van der Waals surface area contributed by atoms with E-state index in [2.05, 4.69) is 26.2 Å². The van der Waals surface area contributed by atoms with Gasteiger partial charge >= 0.3 is 6.55 Å². The van der Waals surface area contributed by atoms with Crippen LogP contribution in [0.3, 0.4) is 0 Å². The van der Waals surface area contributed by atoms with E-state index in [1.54, 1.807) is 31.2 Å². The van der Waals surface area contributed by atoms with Crippen LogP contribution in [0.4, 0.5) is 8.78 Å². The lowest BCUT2D eigenvalue weighted by Crippen LogP contribution is -2.48. The van der Waals surface area contributed by atoms with Crippen LogP contribution in [0.1, 0.15) is 24.9 Å². The zero-order valence-electron chi connectivity index (χ0n) is 11.8. The summed E-state index contributed by atoms with van der Waals surface area (Å²) < 4.78 is 27.0. The van der Waals surface area contributed by atoms with Gasteiger partial charge in [0.15, 0.2) is 0 Å². The highest BCUT2D eigenvalue weighted by Crippen LogP contribution is 2.21. The Morgan fingerprint density at radius 2 is 2.09 bits per heavy atom. The molecule has 3 N–H and O–H groups in total. The van der Waals surface area contributed by atoms with Gasteiger partial charge in [-0.15, -0.1) is 0 Å². The van der Waals surface area contributed by atoms with Crippen LogP contribution >= 0.6 is 15.9 Å². The number of nitrogens with two attached hydrogens (primary N) is 1. The normalized spacial score (nSPS) is 13.9. The summed E-state index contributed by atoms with van der Waals surface area (Å²) in [5.41, 5.74) is 5.41. The fourth-order valence-corrected chi connectivity index (χ4v) is 2.19. The number of hydrogen-bond acceptors (Lipinski definition) is 3. The summed E-state index contributed by atoms with van der Waals surface area (Å²) in [6.45, 7) is -1.27. The summed E-state index contributed by atoms with van der Waals surface area (Å²) in [5, 5.41) is 2.54. The molecule has 0 fully saturated rings. The van der Waals surface area contributed by atoms with Gasteiger partial charge in [-0.25, -0.2) is 4.98 Å². The van der Waals surface area contributed by atoms with Crippen molar-refractivity contribution in [3.8, 4) is 0 Å². The van der Waals surface area contributed by atoms with Crippen LogP contribution in [0.5, 0.6) is 0 Å². The van der Waals surface area contributed by atoms with Gasteiger partial charge in [0.1, 0.15) is 11.4 Å². The fourth-order valence-electron chi connectivity index (χ4n) is 1.93. The van der Waals surface area contributed by atoms with Gasteiger partial charge in [-0.2, -0.15) is 8.78 Å². The molecule has 1 heterocycles. The van der Waals surface area contributed by atoms with E-state index in [1.165, 1.54) is 6.20 Å². The molecule has 0 aliphatic heterocycles. The average molecular weight is 373 g/mol. The third kappa shape index (κ3) is 3.50. The number of aromatic nitrogens is 2. The fraction of sp³-hybridized carbons (Fsp3) is 0.286. The highest BCUT2D eigenvalue weighted by atomic mass is 79.9. The molecule has 0 aliphatic carbocycles. The Bertz CT molecular complexity index is 655. The number of imidazole rings is 1. The number of nitrogens with one attached hydrogen (secondary N) is 1. The molecule has 0 spiro atoms. The number of alkyl halides is 2. The van der Waals surface area contributed by atoms with Crippen molar-refractivity contribution in [2.75, 3.05) is 0 Å². The number of hydrogen-bond donors (Lipinski definition) is 2.